The topological polar surface area (TPSA) is 95.2 Å². The Morgan fingerprint density at radius 1 is 1.38 bits per heavy atom. The molecule has 1 saturated carbocycles. The smallest absolute Gasteiger partial charge is 0.291 e. The second-order valence-electron chi connectivity index (χ2n) is 5.74. The van der Waals surface area contributed by atoms with E-state index in [0.717, 1.165) is 31.1 Å². The van der Waals surface area contributed by atoms with Gasteiger partial charge in [0.05, 0.1) is 5.92 Å². The molecule has 2 aliphatic rings. The van der Waals surface area contributed by atoms with Gasteiger partial charge in [0.2, 0.25) is 11.6 Å². The van der Waals surface area contributed by atoms with Crippen LogP contribution in [0.25, 0.3) is 0 Å². The number of rotatable bonds is 4. The van der Waals surface area contributed by atoms with E-state index < -0.39 is 5.56 Å². The highest BCUT2D eigenvalue weighted by molar-refractivity contribution is 6.99. The van der Waals surface area contributed by atoms with Crippen molar-refractivity contribution >= 4 is 23.5 Å². The van der Waals surface area contributed by atoms with Crippen molar-refractivity contribution in [2.45, 2.75) is 25.7 Å². The number of nitrogens with zero attached hydrogens (tertiary/aromatic N) is 2. The molecule has 1 unspecified atom stereocenters. The van der Waals surface area contributed by atoms with Crippen molar-refractivity contribution in [3.05, 3.63) is 16.0 Å². The maximum Gasteiger partial charge on any atom is 0.291 e. The van der Waals surface area contributed by atoms with Gasteiger partial charge in [0.1, 0.15) is 0 Å². The quantitative estimate of drug-likeness (QED) is 0.831. The zero-order valence-corrected chi connectivity index (χ0v) is 12.4. The van der Waals surface area contributed by atoms with Crippen LogP contribution in [0, 0.1) is 11.8 Å². The van der Waals surface area contributed by atoms with E-state index in [1.807, 2.05) is 0 Å². The largest absolute Gasteiger partial charge is 0.356 e. The number of hydrogen-bond donors (Lipinski definition) is 2. The van der Waals surface area contributed by atoms with Gasteiger partial charge in [-0.05, 0) is 31.6 Å². The van der Waals surface area contributed by atoms with Gasteiger partial charge in [-0.1, -0.05) is 0 Å². The third-order valence-corrected chi connectivity index (χ3v) is 4.58. The maximum atomic E-state index is 12.2. The number of nitrogens with one attached hydrogen (secondary N) is 2. The third-order valence-electron chi connectivity index (χ3n) is 4.03. The molecule has 2 fully saturated rings. The van der Waals surface area contributed by atoms with Gasteiger partial charge in [0.25, 0.3) is 11.5 Å². The second-order valence-corrected chi connectivity index (χ2v) is 6.31. The molecule has 2 heterocycles. The third kappa shape index (κ3) is 3.31. The van der Waals surface area contributed by atoms with Gasteiger partial charge >= 0.3 is 0 Å². The minimum atomic E-state index is -0.453. The predicted molar refractivity (Wildman–Crippen MR) is 77.1 cm³/mol. The number of H-pyrrole nitrogens is 1. The minimum absolute atomic E-state index is 0.0200. The summed E-state index contributed by atoms with van der Waals surface area (Å²) in [5.41, 5.74) is -0.524. The Morgan fingerprint density at radius 3 is 2.86 bits per heavy atom. The van der Waals surface area contributed by atoms with Crippen LogP contribution in [0.4, 0.5) is 0 Å². The van der Waals surface area contributed by atoms with Crippen molar-refractivity contribution in [3.8, 4) is 0 Å². The molecule has 3 rings (SSSR count). The molecule has 0 aromatic carbocycles. The average molecular weight is 310 g/mol. The molecule has 0 bridgehead atoms. The van der Waals surface area contributed by atoms with Crippen LogP contribution in [0.1, 0.15) is 36.2 Å². The number of piperidine rings is 1. The Labute approximate surface area is 126 Å². The summed E-state index contributed by atoms with van der Waals surface area (Å²) in [7, 11) is 0. The lowest BCUT2D eigenvalue weighted by Gasteiger charge is -2.31. The van der Waals surface area contributed by atoms with Gasteiger partial charge in [-0.2, -0.15) is 4.37 Å². The predicted octanol–water partition coefficient (Wildman–Crippen LogP) is 0.210. The molecule has 8 heteroatoms. The zero-order valence-electron chi connectivity index (χ0n) is 11.6. The first-order valence-electron chi connectivity index (χ1n) is 7.26. The van der Waals surface area contributed by atoms with Crippen LogP contribution in [0.3, 0.4) is 0 Å². The summed E-state index contributed by atoms with van der Waals surface area (Å²) in [6.45, 7) is 1.68. The standard InChI is InChI=1S/C13H18N4O3S/c18-11(14-6-8-3-4-8)9-2-1-5-17(7-9)13(20)10-12(19)16-21-15-10/h8-9H,1-7H2,(H,14,18)(H,16,19). The van der Waals surface area contributed by atoms with Crippen LogP contribution in [0.2, 0.25) is 0 Å². The summed E-state index contributed by atoms with van der Waals surface area (Å²) in [4.78, 5) is 37.4. The number of amides is 2. The second kappa shape index (κ2) is 5.97. The summed E-state index contributed by atoms with van der Waals surface area (Å²) in [6.07, 6.45) is 3.95. The first-order valence-corrected chi connectivity index (χ1v) is 8.04. The van der Waals surface area contributed by atoms with Crippen LogP contribution in [-0.2, 0) is 4.79 Å². The Kier molecular flexibility index (Phi) is 4.05. The number of hydrogen-bond acceptors (Lipinski definition) is 5. The fraction of sp³-hybridized carbons (Fsp3) is 0.692. The lowest BCUT2D eigenvalue weighted by molar-refractivity contribution is -0.126. The molecule has 1 saturated heterocycles. The first-order chi connectivity index (χ1) is 10.1. The van der Waals surface area contributed by atoms with E-state index in [9.17, 15) is 14.4 Å². The maximum absolute atomic E-state index is 12.2. The molecular weight excluding hydrogens is 292 g/mol. The first kappa shape index (κ1) is 14.2. The molecule has 0 spiro atoms. The van der Waals surface area contributed by atoms with Crippen molar-refractivity contribution in [1.82, 2.24) is 19.0 Å². The molecular formula is C13H18N4O3S. The van der Waals surface area contributed by atoms with Crippen molar-refractivity contribution in [3.63, 3.8) is 0 Å². The normalized spacial score (nSPS) is 22.1. The van der Waals surface area contributed by atoms with Crippen molar-refractivity contribution in [1.29, 1.82) is 0 Å². The van der Waals surface area contributed by atoms with E-state index >= 15 is 0 Å². The monoisotopic (exact) mass is 310 g/mol. The lowest BCUT2D eigenvalue weighted by Crippen LogP contribution is -2.46. The van der Waals surface area contributed by atoms with Crippen LogP contribution < -0.4 is 10.9 Å². The summed E-state index contributed by atoms with van der Waals surface area (Å²) in [5, 5.41) is 2.96. The van der Waals surface area contributed by atoms with Gasteiger partial charge in [0.15, 0.2) is 0 Å². The van der Waals surface area contributed by atoms with Gasteiger partial charge in [-0.15, -0.1) is 0 Å². The van der Waals surface area contributed by atoms with Crippen LogP contribution in [0.5, 0.6) is 0 Å². The Balaban J connectivity index is 1.59. The molecule has 2 N–H and O–H groups in total. The number of likely N-dealkylation sites (tertiary alicyclic amines) is 1. The van der Waals surface area contributed by atoms with Gasteiger partial charge < -0.3 is 10.2 Å². The van der Waals surface area contributed by atoms with E-state index in [2.05, 4.69) is 14.1 Å². The minimum Gasteiger partial charge on any atom is -0.356 e. The molecule has 7 nitrogen and oxygen atoms in total. The van der Waals surface area contributed by atoms with E-state index in [0.29, 0.717) is 19.0 Å². The van der Waals surface area contributed by atoms with E-state index in [-0.39, 0.29) is 23.4 Å². The SMILES string of the molecule is O=C(NCC1CC1)C1CCCN(C(=O)c2ns[nH]c2=O)C1. The molecule has 114 valence electrons. The van der Waals surface area contributed by atoms with Crippen molar-refractivity contribution < 1.29 is 9.59 Å². The molecule has 2 amide bonds. The fourth-order valence-corrected chi connectivity index (χ4v) is 3.05. The summed E-state index contributed by atoms with van der Waals surface area (Å²) < 4.78 is 6.22. The summed E-state index contributed by atoms with van der Waals surface area (Å²) in [5.74, 6) is 0.104. The summed E-state index contributed by atoms with van der Waals surface area (Å²) in [6, 6.07) is 0. The van der Waals surface area contributed by atoms with Crippen LogP contribution in [-0.4, -0.2) is 45.1 Å². The Morgan fingerprint density at radius 2 is 2.19 bits per heavy atom. The molecule has 21 heavy (non-hydrogen) atoms. The fourth-order valence-electron chi connectivity index (χ4n) is 2.57. The van der Waals surface area contributed by atoms with Crippen molar-refractivity contribution in [2.75, 3.05) is 19.6 Å². The van der Waals surface area contributed by atoms with Crippen LogP contribution >= 0.6 is 11.7 Å². The van der Waals surface area contributed by atoms with E-state index in [1.165, 1.54) is 12.8 Å². The summed E-state index contributed by atoms with van der Waals surface area (Å²) >= 11 is 0.870. The van der Waals surface area contributed by atoms with Gasteiger partial charge in [-0.3, -0.25) is 18.8 Å². The molecule has 0 radical (unpaired) electrons. The number of aromatic nitrogens is 2. The highest BCUT2D eigenvalue weighted by Crippen LogP contribution is 2.28. The molecule has 1 aliphatic heterocycles. The molecule has 1 aliphatic carbocycles. The zero-order chi connectivity index (χ0) is 14.8. The highest BCUT2D eigenvalue weighted by atomic mass is 32.1. The number of carbonyl (C=O) groups is 2. The van der Waals surface area contributed by atoms with Crippen molar-refractivity contribution in [2.24, 2.45) is 11.8 Å². The molecule has 1 aromatic heterocycles. The van der Waals surface area contributed by atoms with E-state index in [4.69, 9.17) is 0 Å². The number of aromatic amines is 1. The van der Waals surface area contributed by atoms with Gasteiger partial charge in [0, 0.05) is 31.4 Å². The highest BCUT2D eigenvalue weighted by Gasteiger charge is 2.31. The van der Waals surface area contributed by atoms with Crippen LogP contribution in [0.15, 0.2) is 4.79 Å². The van der Waals surface area contributed by atoms with Gasteiger partial charge in [-0.25, -0.2) is 0 Å². The average Bonchev–Trinajstić information content (AvgIpc) is 3.24. The van der Waals surface area contributed by atoms with E-state index in [1.54, 1.807) is 4.90 Å². The Bertz CT molecular complexity index is 592. The Hall–Kier alpha value is -1.70. The number of carbonyl (C=O) groups excluding carboxylic acids is 2. The molecule has 1 aromatic rings. The molecule has 1 atom stereocenters. The lowest BCUT2D eigenvalue weighted by atomic mass is 9.97.